The van der Waals surface area contributed by atoms with Crippen LogP contribution in [0.3, 0.4) is 0 Å². The molecule has 6 nitrogen and oxygen atoms in total. The number of hydrogen-bond acceptors (Lipinski definition) is 5. The molecule has 0 unspecified atom stereocenters. The molecule has 1 N–H and O–H groups in total. The second-order valence-electron chi connectivity index (χ2n) is 4.54. The van der Waals surface area contributed by atoms with E-state index in [0.29, 0.717) is 11.8 Å². The molecule has 3 rings (SSSR count). The Morgan fingerprint density at radius 3 is 2.74 bits per heavy atom. The molecule has 0 atom stereocenters. The zero-order valence-electron chi connectivity index (χ0n) is 11.5. The number of aromatic nitrogens is 3. The van der Waals surface area contributed by atoms with Crippen molar-refractivity contribution < 1.29 is 17.2 Å². The largest absolute Gasteiger partial charge is 0.241 e. The third-order valence-electron chi connectivity index (χ3n) is 2.96. The highest BCUT2D eigenvalue weighted by Gasteiger charge is 2.17. The first-order valence-corrected chi connectivity index (χ1v) is 8.77. The van der Waals surface area contributed by atoms with E-state index < -0.39 is 21.7 Å². The van der Waals surface area contributed by atoms with Crippen LogP contribution in [0, 0.1) is 11.6 Å². The Morgan fingerprint density at radius 1 is 1.22 bits per heavy atom. The Morgan fingerprint density at radius 2 is 2.04 bits per heavy atom. The van der Waals surface area contributed by atoms with E-state index >= 15 is 0 Å². The normalized spacial score (nSPS) is 11.7. The number of halogens is 2. The number of sulfonamides is 1. The van der Waals surface area contributed by atoms with Crippen molar-refractivity contribution in [1.29, 1.82) is 0 Å². The molecular formula is C13H10F2N4O2S2. The Bertz CT molecular complexity index is 923. The number of nitrogens with one attached hydrogen (secondary N) is 1. The van der Waals surface area contributed by atoms with Crippen LogP contribution in [-0.4, -0.2) is 23.4 Å². The van der Waals surface area contributed by atoms with Crippen molar-refractivity contribution in [1.82, 2.24) is 19.7 Å². The highest BCUT2D eigenvalue weighted by Crippen LogP contribution is 2.14. The van der Waals surface area contributed by atoms with Gasteiger partial charge in [0.15, 0.2) is 11.6 Å². The fourth-order valence-corrected chi connectivity index (χ4v) is 3.42. The molecule has 0 bridgehead atoms. The number of benzene rings is 1. The molecule has 0 aliphatic rings. The van der Waals surface area contributed by atoms with Crippen LogP contribution in [-0.2, 0) is 16.6 Å². The summed E-state index contributed by atoms with van der Waals surface area (Å²) in [5.74, 6) is -2.33. The second-order valence-corrected chi connectivity index (χ2v) is 7.08. The van der Waals surface area contributed by atoms with Gasteiger partial charge in [0.1, 0.15) is 0 Å². The molecule has 0 saturated carbocycles. The lowest BCUT2D eigenvalue weighted by atomic mass is 10.3. The van der Waals surface area contributed by atoms with Crippen LogP contribution in [0.1, 0.15) is 5.69 Å². The Balaban J connectivity index is 1.73. The maximum atomic E-state index is 13.1. The molecule has 2 aromatic heterocycles. The molecule has 120 valence electrons. The van der Waals surface area contributed by atoms with Crippen LogP contribution < -0.4 is 4.72 Å². The first kappa shape index (κ1) is 15.7. The Labute approximate surface area is 134 Å². The molecule has 1 aromatic carbocycles. The summed E-state index contributed by atoms with van der Waals surface area (Å²) in [6, 6.07) is 4.22. The van der Waals surface area contributed by atoms with Crippen LogP contribution in [0.25, 0.3) is 5.69 Å². The summed E-state index contributed by atoms with van der Waals surface area (Å²) >= 11 is 1.49. The predicted molar refractivity (Wildman–Crippen MR) is 79.6 cm³/mol. The standard InChI is InChI=1S/C13H10F2N4O2S2/c14-12-2-1-11(5-13(12)15)23(20,21)16-6-9-7-19(18-17-9)10-3-4-22-8-10/h1-5,7-8,16H,6H2. The van der Waals surface area contributed by atoms with Crippen molar-refractivity contribution >= 4 is 21.4 Å². The minimum absolute atomic E-state index is 0.120. The van der Waals surface area contributed by atoms with E-state index in [2.05, 4.69) is 15.0 Å². The monoisotopic (exact) mass is 356 g/mol. The van der Waals surface area contributed by atoms with Gasteiger partial charge in [-0.15, -0.1) is 5.10 Å². The van der Waals surface area contributed by atoms with E-state index in [1.807, 2.05) is 16.8 Å². The fourth-order valence-electron chi connectivity index (χ4n) is 1.79. The maximum absolute atomic E-state index is 13.1. The van der Waals surface area contributed by atoms with Gasteiger partial charge in [-0.05, 0) is 29.6 Å². The first-order valence-electron chi connectivity index (χ1n) is 6.34. The highest BCUT2D eigenvalue weighted by molar-refractivity contribution is 7.89. The lowest BCUT2D eigenvalue weighted by Gasteiger charge is -2.05. The zero-order valence-corrected chi connectivity index (χ0v) is 13.1. The van der Waals surface area contributed by atoms with Crippen LogP contribution in [0.5, 0.6) is 0 Å². The zero-order chi connectivity index (χ0) is 16.4. The van der Waals surface area contributed by atoms with E-state index in [9.17, 15) is 17.2 Å². The SMILES string of the molecule is O=S(=O)(NCc1cn(-c2ccsc2)nn1)c1ccc(F)c(F)c1. The van der Waals surface area contributed by atoms with Gasteiger partial charge in [-0.2, -0.15) is 11.3 Å². The van der Waals surface area contributed by atoms with Crippen LogP contribution in [0.2, 0.25) is 0 Å². The fraction of sp³-hybridized carbons (Fsp3) is 0.0769. The average molecular weight is 356 g/mol. The summed E-state index contributed by atoms with van der Waals surface area (Å²) in [5, 5.41) is 11.5. The molecule has 0 radical (unpaired) electrons. The number of hydrogen-bond donors (Lipinski definition) is 1. The topological polar surface area (TPSA) is 76.9 Å². The molecule has 23 heavy (non-hydrogen) atoms. The lowest BCUT2D eigenvalue weighted by molar-refractivity contribution is 0.504. The van der Waals surface area contributed by atoms with E-state index in [-0.39, 0.29) is 11.4 Å². The first-order chi connectivity index (χ1) is 11.0. The van der Waals surface area contributed by atoms with E-state index in [1.165, 1.54) is 16.0 Å². The van der Waals surface area contributed by atoms with Crippen molar-refractivity contribution in [3.63, 3.8) is 0 Å². The predicted octanol–water partition coefficient (Wildman–Crippen LogP) is 2.09. The van der Waals surface area contributed by atoms with Crippen LogP contribution in [0.4, 0.5) is 8.78 Å². The summed E-state index contributed by atoms with van der Waals surface area (Å²) in [7, 11) is -3.97. The Kier molecular flexibility index (Phi) is 4.20. The lowest BCUT2D eigenvalue weighted by Crippen LogP contribution is -2.23. The molecule has 0 saturated heterocycles. The number of thiophene rings is 1. The van der Waals surface area contributed by atoms with Crippen molar-refractivity contribution in [3.8, 4) is 5.69 Å². The second kappa shape index (κ2) is 6.14. The van der Waals surface area contributed by atoms with E-state index in [4.69, 9.17) is 0 Å². The van der Waals surface area contributed by atoms with Gasteiger partial charge >= 0.3 is 0 Å². The minimum Gasteiger partial charge on any atom is -0.220 e. The quantitative estimate of drug-likeness (QED) is 0.759. The molecule has 3 aromatic rings. The summed E-state index contributed by atoms with van der Waals surface area (Å²) in [6.45, 7) is -0.120. The average Bonchev–Trinajstić information content (AvgIpc) is 3.18. The van der Waals surface area contributed by atoms with Crippen LogP contribution >= 0.6 is 11.3 Å². The van der Waals surface area contributed by atoms with Crippen molar-refractivity contribution in [2.75, 3.05) is 0 Å². The van der Waals surface area contributed by atoms with Gasteiger partial charge in [0, 0.05) is 5.38 Å². The molecule has 0 spiro atoms. The van der Waals surface area contributed by atoms with Gasteiger partial charge in [0.2, 0.25) is 10.0 Å². The van der Waals surface area contributed by atoms with E-state index in [1.54, 1.807) is 6.20 Å². The summed E-state index contributed by atoms with van der Waals surface area (Å²) in [6.07, 6.45) is 1.58. The molecule has 0 amide bonds. The third-order valence-corrected chi connectivity index (χ3v) is 5.03. The van der Waals surface area contributed by atoms with Crippen LogP contribution in [0.15, 0.2) is 46.1 Å². The summed E-state index contributed by atoms with van der Waals surface area (Å²) in [4.78, 5) is -0.360. The summed E-state index contributed by atoms with van der Waals surface area (Å²) in [5.41, 5.74) is 1.21. The molecule has 10 heteroatoms. The molecular weight excluding hydrogens is 346 g/mol. The smallest absolute Gasteiger partial charge is 0.220 e. The van der Waals surface area contributed by atoms with Gasteiger partial charge in [-0.1, -0.05) is 5.21 Å². The van der Waals surface area contributed by atoms with Crippen molar-refractivity contribution in [2.24, 2.45) is 0 Å². The molecule has 0 aliphatic heterocycles. The molecule has 0 fully saturated rings. The highest BCUT2D eigenvalue weighted by atomic mass is 32.2. The maximum Gasteiger partial charge on any atom is 0.241 e. The molecule has 2 heterocycles. The van der Waals surface area contributed by atoms with Crippen molar-refractivity contribution in [2.45, 2.75) is 11.4 Å². The van der Waals surface area contributed by atoms with Gasteiger partial charge in [-0.25, -0.2) is 26.6 Å². The van der Waals surface area contributed by atoms with Gasteiger partial charge < -0.3 is 0 Å². The molecule has 0 aliphatic carbocycles. The third kappa shape index (κ3) is 3.44. The van der Waals surface area contributed by atoms with E-state index in [0.717, 1.165) is 17.8 Å². The Hall–Kier alpha value is -2.17. The van der Waals surface area contributed by atoms with Crippen molar-refractivity contribution in [3.05, 3.63) is 58.6 Å². The minimum atomic E-state index is -3.97. The number of nitrogens with zero attached hydrogens (tertiary/aromatic N) is 3. The van der Waals surface area contributed by atoms with Gasteiger partial charge in [0.05, 0.1) is 29.0 Å². The number of rotatable bonds is 5. The van der Waals surface area contributed by atoms with Gasteiger partial charge in [0.25, 0.3) is 0 Å². The summed E-state index contributed by atoms with van der Waals surface area (Å²) < 4.78 is 53.9. The van der Waals surface area contributed by atoms with Gasteiger partial charge in [-0.3, -0.25) is 0 Å².